The predicted octanol–water partition coefficient (Wildman–Crippen LogP) is 1.88. The zero-order valence-electron chi connectivity index (χ0n) is 12.7. The first-order valence-electron chi connectivity index (χ1n) is 7.08. The molecule has 0 unspecified atom stereocenters. The van der Waals surface area contributed by atoms with Crippen LogP contribution in [0.3, 0.4) is 0 Å². The lowest BCUT2D eigenvalue weighted by Crippen LogP contribution is -2.23. The van der Waals surface area contributed by atoms with E-state index in [0.717, 1.165) is 0 Å². The van der Waals surface area contributed by atoms with Crippen LogP contribution in [0.15, 0.2) is 36.4 Å². The lowest BCUT2D eigenvalue weighted by Gasteiger charge is -2.07. The molecule has 0 aliphatic heterocycles. The molecular weight excluding hydrogens is 284 g/mol. The summed E-state index contributed by atoms with van der Waals surface area (Å²) in [6.07, 6.45) is 3.65. The molecule has 0 atom stereocenters. The third-order valence-electron chi connectivity index (χ3n) is 2.58. The van der Waals surface area contributed by atoms with Crippen molar-refractivity contribution >= 4 is 23.5 Å². The molecule has 2 amide bonds. The summed E-state index contributed by atoms with van der Waals surface area (Å²) < 4.78 is 4.78. The van der Waals surface area contributed by atoms with E-state index in [1.807, 2.05) is 13.8 Å². The number of anilines is 1. The van der Waals surface area contributed by atoms with Gasteiger partial charge in [0.05, 0.1) is 0 Å². The molecule has 0 radical (unpaired) electrons. The fourth-order valence-corrected chi connectivity index (χ4v) is 1.60. The molecule has 0 heterocycles. The van der Waals surface area contributed by atoms with Crippen molar-refractivity contribution < 1.29 is 19.1 Å². The second kappa shape index (κ2) is 9.33. The van der Waals surface area contributed by atoms with Crippen molar-refractivity contribution in [3.63, 3.8) is 0 Å². The molecule has 0 spiro atoms. The van der Waals surface area contributed by atoms with Crippen LogP contribution in [0.5, 0.6) is 0 Å². The molecule has 0 saturated carbocycles. The Hall–Kier alpha value is -2.63. The Kier molecular flexibility index (Phi) is 7.39. The smallest absolute Gasteiger partial charge is 0.330 e. The first kappa shape index (κ1) is 17.4. The van der Waals surface area contributed by atoms with E-state index in [9.17, 15) is 14.4 Å². The SMILES string of the molecule is CC/C=C/C(=O)OCC(=O)Nc1cccc(C(=O)NCC)c1. The Morgan fingerprint density at radius 2 is 2.00 bits per heavy atom. The number of amides is 2. The molecule has 1 rings (SSSR count). The van der Waals surface area contributed by atoms with Gasteiger partial charge in [-0.1, -0.05) is 19.1 Å². The number of allylic oxidation sites excluding steroid dienone is 1. The van der Waals surface area contributed by atoms with Crippen molar-refractivity contribution in [1.29, 1.82) is 0 Å². The monoisotopic (exact) mass is 304 g/mol. The van der Waals surface area contributed by atoms with Gasteiger partial charge in [0.25, 0.3) is 11.8 Å². The van der Waals surface area contributed by atoms with Gasteiger partial charge in [-0.2, -0.15) is 0 Å². The number of carbonyl (C=O) groups is 3. The highest BCUT2D eigenvalue weighted by Gasteiger charge is 2.08. The van der Waals surface area contributed by atoms with Crippen molar-refractivity contribution in [1.82, 2.24) is 5.32 Å². The van der Waals surface area contributed by atoms with Gasteiger partial charge in [-0.3, -0.25) is 9.59 Å². The van der Waals surface area contributed by atoms with Crippen LogP contribution < -0.4 is 10.6 Å². The standard InChI is InChI=1S/C16H20N2O4/c1-3-5-9-15(20)22-11-14(19)18-13-8-6-7-12(10-13)16(21)17-4-2/h5-10H,3-4,11H2,1-2H3,(H,17,21)(H,18,19)/b9-5+. The topological polar surface area (TPSA) is 84.5 Å². The van der Waals surface area contributed by atoms with Crippen molar-refractivity contribution in [3.05, 3.63) is 42.0 Å². The van der Waals surface area contributed by atoms with Crippen LogP contribution in [0.25, 0.3) is 0 Å². The Morgan fingerprint density at radius 3 is 2.68 bits per heavy atom. The van der Waals surface area contributed by atoms with Crippen LogP contribution in [-0.2, 0) is 14.3 Å². The molecule has 6 nitrogen and oxygen atoms in total. The van der Waals surface area contributed by atoms with Crippen LogP contribution in [0.4, 0.5) is 5.69 Å². The van der Waals surface area contributed by atoms with Crippen molar-refractivity contribution in [3.8, 4) is 0 Å². The molecular formula is C16H20N2O4. The van der Waals surface area contributed by atoms with Crippen molar-refractivity contribution in [2.45, 2.75) is 20.3 Å². The zero-order chi connectivity index (χ0) is 16.4. The summed E-state index contributed by atoms with van der Waals surface area (Å²) in [6.45, 7) is 3.86. The molecule has 0 bridgehead atoms. The second-order valence-corrected chi connectivity index (χ2v) is 4.41. The Balaban J connectivity index is 2.54. The highest BCUT2D eigenvalue weighted by Crippen LogP contribution is 2.10. The highest BCUT2D eigenvalue weighted by molar-refractivity contribution is 5.97. The number of nitrogens with one attached hydrogen (secondary N) is 2. The molecule has 0 aliphatic rings. The Morgan fingerprint density at radius 1 is 1.23 bits per heavy atom. The lowest BCUT2D eigenvalue weighted by atomic mass is 10.2. The first-order valence-corrected chi connectivity index (χ1v) is 7.08. The van der Waals surface area contributed by atoms with Crippen LogP contribution in [0, 0.1) is 0 Å². The number of hydrogen-bond acceptors (Lipinski definition) is 4. The minimum Gasteiger partial charge on any atom is -0.452 e. The first-order chi connectivity index (χ1) is 10.6. The van der Waals surface area contributed by atoms with E-state index in [2.05, 4.69) is 10.6 Å². The van der Waals surface area contributed by atoms with E-state index in [1.165, 1.54) is 6.08 Å². The highest BCUT2D eigenvalue weighted by atomic mass is 16.5. The van der Waals surface area contributed by atoms with Gasteiger partial charge in [0, 0.05) is 23.9 Å². The summed E-state index contributed by atoms with van der Waals surface area (Å²) in [4.78, 5) is 34.6. The molecule has 0 aromatic heterocycles. The quantitative estimate of drug-likeness (QED) is 0.595. The normalized spacial score (nSPS) is 10.3. The van der Waals surface area contributed by atoms with E-state index >= 15 is 0 Å². The molecule has 118 valence electrons. The molecule has 0 saturated heterocycles. The van der Waals surface area contributed by atoms with Gasteiger partial charge >= 0.3 is 5.97 Å². The van der Waals surface area contributed by atoms with Gasteiger partial charge < -0.3 is 15.4 Å². The van der Waals surface area contributed by atoms with Gasteiger partial charge in [0.1, 0.15) is 0 Å². The van der Waals surface area contributed by atoms with Crippen LogP contribution in [0.1, 0.15) is 30.6 Å². The average molecular weight is 304 g/mol. The van der Waals surface area contributed by atoms with Crippen LogP contribution in [-0.4, -0.2) is 30.9 Å². The van der Waals surface area contributed by atoms with E-state index in [1.54, 1.807) is 30.3 Å². The Labute approximate surface area is 129 Å². The fraction of sp³-hybridized carbons (Fsp3) is 0.312. The number of carbonyl (C=O) groups excluding carboxylic acids is 3. The third-order valence-corrected chi connectivity index (χ3v) is 2.58. The van der Waals surface area contributed by atoms with E-state index in [0.29, 0.717) is 24.2 Å². The summed E-state index contributed by atoms with van der Waals surface area (Å²) in [5.74, 6) is -1.24. The minimum atomic E-state index is -0.562. The predicted molar refractivity (Wildman–Crippen MR) is 83.5 cm³/mol. The number of ether oxygens (including phenoxy) is 1. The maximum atomic E-state index is 11.7. The number of rotatable bonds is 7. The van der Waals surface area contributed by atoms with Crippen LogP contribution >= 0.6 is 0 Å². The molecule has 0 aliphatic carbocycles. The van der Waals surface area contributed by atoms with Crippen LogP contribution in [0.2, 0.25) is 0 Å². The lowest BCUT2D eigenvalue weighted by molar-refractivity contribution is -0.142. The summed E-state index contributed by atoms with van der Waals surface area (Å²) >= 11 is 0. The maximum Gasteiger partial charge on any atom is 0.330 e. The summed E-state index contributed by atoms with van der Waals surface area (Å²) in [5, 5.41) is 5.24. The van der Waals surface area contributed by atoms with E-state index in [4.69, 9.17) is 4.74 Å². The fourth-order valence-electron chi connectivity index (χ4n) is 1.60. The van der Waals surface area contributed by atoms with E-state index in [-0.39, 0.29) is 12.5 Å². The largest absolute Gasteiger partial charge is 0.452 e. The summed E-state index contributed by atoms with van der Waals surface area (Å²) in [7, 11) is 0. The zero-order valence-corrected chi connectivity index (χ0v) is 12.7. The maximum absolute atomic E-state index is 11.7. The Bertz CT molecular complexity index is 567. The number of hydrogen-bond donors (Lipinski definition) is 2. The van der Waals surface area contributed by atoms with Gasteiger partial charge in [-0.05, 0) is 31.5 Å². The third kappa shape index (κ3) is 6.21. The minimum absolute atomic E-state index is 0.213. The van der Waals surface area contributed by atoms with Crippen molar-refractivity contribution in [2.24, 2.45) is 0 Å². The van der Waals surface area contributed by atoms with Gasteiger partial charge in [0.2, 0.25) is 0 Å². The molecule has 6 heteroatoms. The second-order valence-electron chi connectivity index (χ2n) is 4.41. The molecule has 1 aromatic carbocycles. The summed E-state index contributed by atoms with van der Waals surface area (Å²) in [5.41, 5.74) is 0.913. The molecule has 2 N–H and O–H groups in total. The molecule has 0 fully saturated rings. The number of esters is 1. The number of benzene rings is 1. The molecule has 1 aromatic rings. The van der Waals surface area contributed by atoms with Gasteiger partial charge in [0.15, 0.2) is 6.61 Å². The molecule has 22 heavy (non-hydrogen) atoms. The average Bonchev–Trinajstić information content (AvgIpc) is 2.51. The summed E-state index contributed by atoms with van der Waals surface area (Å²) in [6, 6.07) is 6.52. The van der Waals surface area contributed by atoms with Gasteiger partial charge in [-0.15, -0.1) is 0 Å². The van der Waals surface area contributed by atoms with Gasteiger partial charge in [-0.25, -0.2) is 4.79 Å². The van der Waals surface area contributed by atoms with Crippen molar-refractivity contribution in [2.75, 3.05) is 18.5 Å². The van der Waals surface area contributed by atoms with E-state index < -0.39 is 11.9 Å².